The van der Waals surface area contributed by atoms with E-state index in [9.17, 15) is 31.1 Å². The van der Waals surface area contributed by atoms with Crippen LogP contribution in [0.3, 0.4) is 0 Å². The molecule has 112 valence electrons. The molecule has 0 N–H and O–H groups in total. The Labute approximate surface area is 110 Å². The van der Waals surface area contributed by atoms with E-state index >= 15 is 0 Å². The molecule has 0 aromatic heterocycles. The van der Waals surface area contributed by atoms with Crippen molar-refractivity contribution in [2.75, 3.05) is 7.11 Å². The largest absolute Gasteiger partial charge is 0.465 e. The van der Waals surface area contributed by atoms with Gasteiger partial charge >= 0.3 is 18.3 Å². The molecule has 0 fully saturated rings. The minimum atomic E-state index is -5.32. The Bertz CT molecular complexity index is 516. The predicted molar refractivity (Wildman–Crippen MR) is 57.2 cm³/mol. The van der Waals surface area contributed by atoms with Gasteiger partial charge in [0, 0.05) is 0 Å². The second kappa shape index (κ2) is 5.34. The van der Waals surface area contributed by atoms with Gasteiger partial charge in [0.1, 0.15) is 0 Å². The zero-order valence-corrected chi connectivity index (χ0v) is 10.4. The highest BCUT2D eigenvalue weighted by Crippen LogP contribution is 2.43. The summed E-state index contributed by atoms with van der Waals surface area (Å²) in [6, 6.07) is 1.18. The third-order valence-electron chi connectivity index (χ3n) is 2.65. The number of aryl methyl sites for hydroxylation is 1. The Hall–Kier alpha value is -1.73. The van der Waals surface area contributed by atoms with Gasteiger partial charge in [0.25, 0.3) is 0 Å². The molecule has 0 amide bonds. The molecule has 0 saturated carbocycles. The molecule has 20 heavy (non-hydrogen) atoms. The number of methoxy groups -OCH3 is 1. The second-order valence-corrected chi connectivity index (χ2v) is 3.86. The molecular weight excluding hydrogens is 290 g/mol. The molecule has 2 nitrogen and oxygen atoms in total. The van der Waals surface area contributed by atoms with Crippen LogP contribution in [0.15, 0.2) is 12.1 Å². The molecule has 0 radical (unpaired) electrons. The summed E-state index contributed by atoms with van der Waals surface area (Å²) in [5, 5.41) is 0. The topological polar surface area (TPSA) is 26.3 Å². The van der Waals surface area contributed by atoms with Gasteiger partial charge in [-0.2, -0.15) is 26.3 Å². The van der Waals surface area contributed by atoms with Crippen molar-refractivity contribution in [2.24, 2.45) is 0 Å². The van der Waals surface area contributed by atoms with Crippen LogP contribution >= 0.6 is 0 Å². The molecule has 0 heterocycles. The van der Waals surface area contributed by atoms with E-state index in [0.717, 1.165) is 13.2 Å². The van der Waals surface area contributed by atoms with E-state index in [1.165, 1.54) is 6.92 Å². The van der Waals surface area contributed by atoms with Crippen molar-refractivity contribution in [3.63, 3.8) is 0 Å². The number of hydrogen-bond donors (Lipinski definition) is 0. The average molecular weight is 300 g/mol. The first-order chi connectivity index (χ1) is 9.04. The van der Waals surface area contributed by atoms with Crippen LogP contribution < -0.4 is 0 Å². The van der Waals surface area contributed by atoms with Crippen molar-refractivity contribution in [3.05, 3.63) is 34.4 Å². The lowest BCUT2D eigenvalue weighted by molar-refractivity contribution is -0.162. The lowest BCUT2D eigenvalue weighted by atomic mass is 9.93. The van der Waals surface area contributed by atoms with Crippen LogP contribution in [0.4, 0.5) is 26.3 Å². The zero-order chi connectivity index (χ0) is 15.7. The lowest BCUT2D eigenvalue weighted by Crippen LogP contribution is -2.23. The van der Waals surface area contributed by atoms with Gasteiger partial charge in [-0.05, 0) is 18.1 Å². The summed E-state index contributed by atoms with van der Waals surface area (Å²) in [7, 11) is 0.808. The van der Waals surface area contributed by atoms with Crippen molar-refractivity contribution >= 4 is 5.97 Å². The quantitative estimate of drug-likeness (QED) is 0.608. The van der Waals surface area contributed by atoms with E-state index in [2.05, 4.69) is 4.74 Å². The van der Waals surface area contributed by atoms with Crippen molar-refractivity contribution in [3.8, 4) is 0 Å². The fraction of sp³-hybridized carbons (Fsp3) is 0.417. The van der Waals surface area contributed by atoms with Crippen LogP contribution in [0.5, 0.6) is 0 Å². The first kappa shape index (κ1) is 16.3. The number of ether oxygens (including phenoxy) is 1. The van der Waals surface area contributed by atoms with Crippen molar-refractivity contribution in [2.45, 2.75) is 25.7 Å². The fourth-order valence-corrected chi connectivity index (χ4v) is 1.81. The van der Waals surface area contributed by atoms with E-state index < -0.39 is 35.0 Å². The molecule has 0 spiro atoms. The van der Waals surface area contributed by atoms with E-state index in [1.54, 1.807) is 0 Å². The summed E-state index contributed by atoms with van der Waals surface area (Å²) >= 11 is 0. The summed E-state index contributed by atoms with van der Waals surface area (Å²) in [6.45, 7) is 1.43. The normalized spacial score (nSPS) is 12.4. The van der Waals surface area contributed by atoms with Crippen LogP contribution in [0.2, 0.25) is 0 Å². The van der Waals surface area contributed by atoms with Gasteiger partial charge in [0.15, 0.2) is 0 Å². The van der Waals surface area contributed by atoms with Crippen molar-refractivity contribution in [1.29, 1.82) is 0 Å². The Balaban J connectivity index is 3.81. The molecule has 0 atom stereocenters. The summed E-state index contributed by atoms with van der Waals surface area (Å²) in [4.78, 5) is 11.5. The minimum Gasteiger partial charge on any atom is -0.465 e. The number of hydrogen-bond acceptors (Lipinski definition) is 2. The number of halogens is 6. The number of esters is 1. The number of alkyl halides is 6. The maximum absolute atomic E-state index is 12.9. The molecule has 0 aliphatic carbocycles. The highest BCUT2D eigenvalue weighted by Gasteiger charge is 2.46. The van der Waals surface area contributed by atoms with Crippen LogP contribution in [0.25, 0.3) is 0 Å². The maximum atomic E-state index is 12.9. The summed E-state index contributed by atoms with van der Waals surface area (Å²) in [5.41, 5.74) is -5.15. The standard InChI is InChI=1S/C12H10F6O2/c1-3-6-4-5-7(11(13,14)15)9(12(16,17)18)8(6)10(19)20-2/h4-5H,3H2,1-2H3. The Kier molecular flexibility index (Phi) is 4.36. The third-order valence-corrected chi connectivity index (χ3v) is 2.65. The maximum Gasteiger partial charge on any atom is 0.417 e. The number of rotatable bonds is 2. The first-order valence-electron chi connectivity index (χ1n) is 5.42. The second-order valence-electron chi connectivity index (χ2n) is 3.86. The van der Waals surface area contributed by atoms with E-state index in [0.29, 0.717) is 6.07 Å². The van der Waals surface area contributed by atoms with Crippen molar-refractivity contribution in [1.82, 2.24) is 0 Å². The Morgan fingerprint density at radius 1 is 1.10 bits per heavy atom. The zero-order valence-electron chi connectivity index (χ0n) is 10.4. The van der Waals surface area contributed by atoms with E-state index in [1.807, 2.05) is 0 Å². The molecule has 1 rings (SSSR count). The minimum absolute atomic E-state index is 0.0361. The van der Waals surface area contributed by atoms with Gasteiger partial charge in [-0.15, -0.1) is 0 Å². The van der Waals surface area contributed by atoms with Crippen LogP contribution in [-0.4, -0.2) is 13.1 Å². The van der Waals surface area contributed by atoms with Crippen molar-refractivity contribution < 1.29 is 35.9 Å². The molecule has 0 aliphatic rings. The molecule has 1 aromatic rings. The molecule has 0 unspecified atom stereocenters. The SMILES string of the molecule is CCc1ccc(C(F)(F)F)c(C(F)(F)F)c1C(=O)OC. The lowest BCUT2D eigenvalue weighted by Gasteiger charge is -2.20. The Morgan fingerprint density at radius 3 is 2.00 bits per heavy atom. The van der Waals surface area contributed by atoms with Gasteiger partial charge in [-0.1, -0.05) is 13.0 Å². The first-order valence-corrected chi connectivity index (χ1v) is 5.42. The predicted octanol–water partition coefficient (Wildman–Crippen LogP) is 4.07. The smallest absolute Gasteiger partial charge is 0.417 e. The summed E-state index contributed by atoms with van der Waals surface area (Å²) < 4.78 is 81.1. The van der Waals surface area contributed by atoms with E-state index in [4.69, 9.17) is 0 Å². The monoisotopic (exact) mass is 300 g/mol. The van der Waals surface area contributed by atoms with Gasteiger partial charge in [-0.25, -0.2) is 4.79 Å². The van der Waals surface area contributed by atoms with Gasteiger partial charge in [0.05, 0.1) is 23.8 Å². The molecule has 0 aliphatic heterocycles. The highest BCUT2D eigenvalue weighted by molar-refractivity contribution is 5.93. The summed E-state index contributed by atoms with van der Waals surface area (Å²) in [5.74, 6) is -1.44. The summed E-state index contributed by atoms with van der Waals surface area (Å²) in [6.07, 6.45) is -10.6. The van der Waals surface area contributed by atoms with Gasteiger partial charge in [0.2, 0.25) is 0 Å². The van der Waals surface area contributed by atoms with Crippen LogP contribution in [0, 0.1) is 0 Å². The molecule has 0 saturated heterocycles. The Morgan fingerprint density at radius 2 is 1.65 bits per heavy atom. The van der Waals surface area contributed by atoms with Gasteiger partial charge < -0.3 is 4.74 Å². The molecule has 1 aromatic carbocycles. The third kappa shape index (κ3) is 3.05. The number of carbonyl (C=O) groups is 1. The van der Waals surface area contributed by atoms with Crippen LogP contribution in [0.1, 0.15) is 34.0 Å². The molecule has 0 bridgehead atoms. The van der Waals surface area contributed by atoms with Crippen LogP contribution in [-0.2, 0) is 23.5 Å². The highest BCUT2D eigenvalue weighted by atomic mass is 19.4. The average Bonchev–Trinajstić information content (AvgIpc) is 2.33. The van der Waals surface area contributed by atoms with E-state index in [-0.39, 0.29) is 12.0 Å². The fourth-order valence-electron chi connectivity index (χ4n) is 1.81. The molecular formula is C12H10F6O2. The number of benzene rings is 1. The molecule has 8 heteroatoms. The number of carbonyl (C=O) groups excluding carboxylic acids is 1. The van der Waals surface area contributed by atoms with Gasteiger partial charge in [-0.3, -0.25) is 0 Å².